The fraction of sp³-hybridized carbons (Fsp3) is 0.0909. The van der Waals surface area contributed by atoms with Crippen LogP contribution in [0.4, 0.5) is 4.39 Å². The Morgan fingerprint density at radius 3 is 2.69 bits per heavy atom. The number of rotatable bonds is 1. The minimum absolute atomic E-state index is 0.150. The first-order valence-corrected chi connectivity index (χ1v) is 5.70. The lowest BCUT2D eigenvalue weighted by Crippen LogP contribution is -1.97. The smallest absolute Gasteiger partial charge is 0.181 e. The molecule has 0 aliphatic carbocycles. The number of aryl methyl sites for hydroxylation is 1. The van der Waals surface area contributed by atoms with Gasteiger partial charge in [0.2, 0.25) is 0 Å². The molecule has 2 rings (SSSR count). The summed E-state index contributed by atoms with van der Waals surface area (Å²) in [5.74, 6) is -0.148. The Kier molecular flexibility index (Phi) is 3.21. The highest BCUT2D eigenvalue weighted by atomic mass is 79.9. The van der Waals surface area contributed by atoms with Crippen molar-refractivity contribution < 1.29 is 4.39 Å². The molecule has 0 fully saturated rings. The molecule has 1 aromatic carbocycles. The van der Waals surface area contributed by atoms with E-state index in [1.165, 1.54) is 0 Å². The van der Waals surface area contributed by atoms with Gasteiger partial charge in [-0.25, -0.2) is 14.4 Å². The molecule has 0 amide bonds. The van der Waals surface area contributed by atoms with Crippen molar-refractivity contribution >= 4 is 27.5 Å². The summed E-state index contributed by atoms with van der Waals surface area (Å²) in [7, 11) is 0. The highest BCUT2D eigenvalue weighted by molar-refractivity contribution is 9.10. The summed E-state index contributed by atoms with van der Waals surface area (Å²) in [6.45, 7) is 1.56. The van der Waals surface area contributed by atoms with Crippen LogP contribution in [0.25, 0.3) is 11.4 Å². The minimum atomic E-state index is -0.569. The summed E-state index contributed by atoms with van der Waals surface area (Å²) >= 11 is 9.02. The van der Waals surface area contributed by atoms with E-state index in [1.54, 1.807) is 6.92 Å². The van der Waals surface area contributed by atoms with E-state index in [-0.39, 0.29) is 10.8 Å². The molecule has 0 bridgehead atoms. The van der Waals surface area contributed by atoms with Crippen LogP contribution in [0.2, 0.25) is 5.15 Å². The molecule has 16 heavy (non-hydrogen) atoms. The molecule has 0 aliphatic heterocycles. The zero-order chi connectivity index (χ0) is 11.7. The fourth-order valence-electron chi connectivity index (χ4n) is 1.28. The summed E-state index contributed by atoms with van der Waals surface area (Å²) in [6.07, 6.45) is 0. The van der Waals surface area contributed by atoms with Gasteiger partial charge in [-0.1, -0.05) is 39.7 Å². The van der Waals surface area contributed by atoms with E-state index in [0.29, 0.717) is 5.82 Å². The van der Waals surface area contributed by atoms with Gasteiger partial charge >= 0.3 is 0 Å². The lowest BCUT2D eigenvalue weighted by atomic mass is 10.2. The zero-order valence-corrected chi connectivity index (χ0v) is 10.7. The van der Waals surface area contributed by atoms with Crippen LogP contribution in [-0.2, 0) is 0 Å². The Morgan fingerprint density at radius 1 is 1.31 bits per heavy atom. The third-order valence-corrected chi connectivity index (χ3v) is 2.80. The molecule has 0 radical (unpaired) electrons. The molecule has 0 saturated carbocycles. The monoisotopic (exact) mass is 300 g/mol. The van der Waals surface area contributed by atoms with Crippen molar-refractivity contribution in [1.82, 2.24) is 9.97 Å². The molecule has 0 spiro atoms. The molecule has 82 valence electrons. The second-order valence-corrected chi connectivity index (χ2v) is 4.52. The molecular formula is C11H7BrClFN2. The molecule has 1 heterocycles. The van der Waals surface area contributed by atoms with Gasteiger partial charge < -0.3 is 0 Å². The quantitative estimate of drug-likeness (QED) is 0.744. The van der Waals surface area contributed by atoms with Crippen molar-refractivity contribution in [2.75, 3.05) is 0 Å². The van der Waals surface area contributed by atoms with Crippen molar-refractivity contribution in [3.05, 3.63) is 45.4 Å². The second-order valence-electron chi connectivity index (χ2n) is 3.25. The minimum Gasteiger partial charge on any atom is -0.230 e. The first-order valence-electron chi connectivity index (χ1n) is 4.53. The summed E-state index contributed by atoms with van der Waals surface area (Å²) in [4.78, 5) is 7.96. The summed E-state index contributed by atoms with van der Waals surface area (Å²) in [5.41, 5.74) is 1.04. The maximum absolute atomic E-state index is 13.2. The molecule has 0 N–H and O–H groups in total. The van der Waals surface area contributed by atoms with E-state index in [0.717, 1.165) is 10.0 Å². The topological polar surface area (TPSA) is 25.8 Å². The van der Waals surface area contributed by atoms with Gasteiger partial charge in [-0.05, 0) is 19.1 Å². The van der Waals surface area contributed by atoms with Crippen LogP contribution < -0.4 is 0 Å². The van der Waals surface area contributed by atoms with Gasteiger partial charge in [0, 0.05) is 10.0 Å². The number of nitrogens with zero attached hydrogens (tertiary/aromatic N) is 2. The Balaban J connectivity index is 2.57. The van der Waals surface area contributed by atoms with E-state index in [4.69, 9.17) is 11.6 Å². The molecule has 0 atom stereocenters. The van der Waals surface area contributed by atoms with E-state index in [1.807, 2.05) is 24.3 Å². The number of benzene rings is 1. The largest absolute Gasteiger partial charge is 0.230 e. The number of aromatic nitrogens is 2. The first-order chi connectivity index (χ1) is 7.58. The van der Waals surface area contributed by atoms with Crippen LogP contribution in [-0.4, -0.2) is 9.97 Å². The normalized spacial score (nSPS) is 10.5. The molecular weight excluding hydrogens is 294 g/mol. The maximum atomic E-state index is 13.2. The van der Waals surface area contributed by atoms with Gasteiger partial charge in [-0.2, -0.15) is 0 Å². The fourth-order valence-corrected chi connectivity index (χ4v) is 1.90. The molecule has 5 heteroatoms. The Hall–Kier alpha value is -1.00. The SMILES string of the molecule is Cc1nc(-c2cccc(Br)c2)nc(Cl)c1F. The Bertz CT molecular complexity index is 522. The molecule has 0 unspecified atom stereocenters. The van der Waals surface area contributed by atoms with Crippen molar-refractivity contribution in [2.24, 2.45) is 0 Å². The van der Waals surface area contributed by atoms with Crippen LogP contribution in [0.3, 0.4) is 0 Å². The lowest BCUT2D eigenvalue weighted by Gasteiger charge is -2.04. The standard InChI is InChI=1S/C11H7BrClFN2/c1-6-9(14)10(13)16-11(15-6)7-3-2-4-8(12)5-7/h2-5H,1H3. The molecule has 0 aliphatic rings. The van der Waals surface area contributed by atoms with Crippen molar-refractivity contribution in [1.29, 1.82) is 0 Å². The molecule has 2 aromatic rings. The molecule has 2 nitrogen and oxygen atoms in total. The Labute approximate surface area is 106 Å². The zero-order valence-electron chi connectivity index (χ0n) is 8.34. The summed E-state index contributed by atoms with van der Waals surface area (Å²) in [5, 5.41) is -0.150. The first kappa shape index (κ1) is 11.5. The predicted molar refractivity (Wildman–Crippen MR) is 64.9 cm³/mol. The van der Waals surface area contributed by atoms with Crippen LogP contribution in [0.15, 0.2) is 28.7 Å². The predicted octanol–water partition coefficient (Wildman–Crippen LogP) is 4.01. The molecule has 1 aromatic heterocycles. The Morgan fingerprint density at radius 2 is 2.06 bits per heavy atom. The number of hydrogen-bond donors (Lipinski definition) is 0. The van der Waals surface area contributed by atoms with Gasteiger partial charge in [0.05, 0.1) is 5.69 Å². The van der Waals surface area contributed by atoms with Crippen molar-refractivity contribution in [3.63, 3.8) is 0 Å². The van der Waals surface area contributed by atoms with Gasteiger partial charge in [0.25, 0.3) is 0 Å². The van der Waals surface area contributed by atoms with Crippen LogP contribution in [0, 0.1) is 12.7 Å². The number of halogens is 3. The van der Waals surface area contributed by atoms with E-state index in [2.05, 4.69) is 25.9 Å². The van der Waals surface area contributed by atoms with Crippen molar-refractivity contribution in [3.8, 4) is 11.4 Å². The number of hydrogen-bond acceptors (Lipinski definition) is 2. The summed E-state index contributed by atoms with van der Waals surface area (Å²) < 4.78 is 14.1. The van der Waals surface area contributed by atoms with E-state index < -0.39 is 5.82 Å². The average molecular weight is 302 g/mol. The van der Waals surface area contributed by atoms with Gasteiger partial charge in [0.1, 0.15) is 0 Å². The summed E-state index contributed by atoms with van der Waals surface area (Å²) in [6, 6.07) is 7.44. The van der Waals surface area contributed by atoms with Gasteiger partial charge in [-0.15, -0.1) is 0 Å². The highest BCUT2D eigenvalue weighted by Gasteiger charge is 2.10. The third-order valence-electron chi connectivity index (χ3n) is 2.06. The van der Waals surface area contributed by atoms with E-state index in [9.17, 15) is 4.39 Å². The van der Waals surface area contributed by atoms with Crippen LogP contribution >= 0.6 is 27.5 Å². The average Bonchev–Trinajstić information content (AvgIpc) is 2.25. The van der Waals surface area contributed by atoms with Crippen LogP contribution in [0.1, 0.15) is 5.69 Å². The van der Waals surface area contributed by atoms with E-state index >= 15 is 0 Å². The van der Waals surface area contributed by atoms with Crippen molar-refractivity contribution in [2.45, 2.75) is 6.92 Å². The van der Waals surface area contributed by atoms with Gasteiger partial charge in [0.15, 0.2) is 16.8 Å². The molecule has 0 saturated heterocycles. The third kappa shape index (κ3) is 2.23. The second kappa shape index (κ2) is 4.47. The lowest BCUT2D eigenvalue weighted by molar-refractivity contribution is 0.603. The van der Waals surface area contributed by atoms with Gasteiger partial charge in [-0.3, -0.25) is 0 Å². The highest BCUT2D eigenvalue weighted by Crippen LogP contribution is 2.23. The maximum Gasteiger partial charge on any atom is 0.181 e. The van der Waals surface area contributed by atoms with Crippen LogP contribution in [0.5, 0.6) is 0 Å².